The Morgan fingerprint density at radius 3 is 2.38 bits per heavy atom. The third-order valence-electron chi connectivity index (χ3n) is 3.02. The van der Waals surface area contributed by atoms with Crippen molar-refractivity contribution < 1.29 is 18.0 Å². The summed E-state index contributed by atoms with van der Waals surface area (Å²) in [7, 11) is 0. The van der Waals surface area contributed by atoms with Crippen LogP contribution in [0.4, 0.5) is 13.2 Å². The van der Waals surface area contributed by atoms with Crippen LogP contribution >= 0.6 is 0 Å². The molecule has 1 aromatic heterocycles. The molecule has 0 saturated carbocycles. The van der Waals surface area contributed by atoms with Gasteiger partial charge in [-0.25, -0.2) is 0 Å². The zero-order valence-corrected chi connectivity index (χ0v) is 11.9. The van der Waals surface area contributed by atoms with Crippen molar-refractivity contribution in [3.8, 4) is 11.3 Å². The van der Waals surface area contributed by atoms with Crippen LogP contribution in [-0.2, 0) is 11.7 Å². The molecule has 0 fully saturated rings. The SMILES string of the molecule is CC(C)(C)n1cc(C=O)c(-c2cccc(C(F)(F)F)c2)n1. The molecule has 0 aliphatic carbocycles. The molecule has 1 aromatic carbocycles. The maximum Gasteiger partial charge on any atom is 0.416 e. The summed E-state index contributed by atoms with van der Waals surface area (Å²) in [5, 5.41) is 4.26. The Balaban J connectivity index is 2.57. The summed E-state index contributed by atoms with van der Waals surface area (Å²) in [6.45, 7) is 5.68. The minimum atomic E-state index is -4.43. The van der Waals surface area contributed by atoms with E-state index in [1.165, 1.54) is 12.1 Å². The van der Waals surface area contributed by atoms with Crippen LogP contribution < -0.4 is 0 Å². The van der Waals surface area contributed by atoms with Crippen LogP contribution in [0.3, 0.4) is 0 Å². The van der Waals surface area contributed by atoms with E-state index < -0.39 is 11.7 Å². The lowest BCUT2D eigenvalue weighted by Gasteiger charge is -2.18. The van der Waals surface area contributed by atoms with Gasteiger partial charge in [0.15, 0.2) is 6.29 Å². The molecule has 6 heteroatoms. The van der Waals surface area contributed by atoms with Crippen LogP contribution in [0, 0.1) is 0 Å². The van der Waals surface area contributed by atoms with Crippen LogP contribution in [0.1, 0.15) is 36.7 Å². The second-order valence-corrected chi connectivity index (χ2v) is 5.74. The van der Waals surface area contributed by atoms with E-state index in [-0.39, 0.29) is 22.4 Å². The first kappa shape index (κ1) is 15.3. The molecule has 2 rings (SSSR count). The third-order valence-corrected chi connectivity index (χ3v) is 3.02. The first-order valence-electron chi connectivity index (χ1n) is 6.36. The molecule has 112 valence electrons. The Hall–Kier alpha value is -2.11. The number of benzene rings is 1. The molecule has 0 aliphatic rings. The van der Waals surface area contributed by atoms with Gasteiger partial charge in [0.25, 0.3) is 0 Å². The molecule has 0 atom stereocenters. The van der Waals surface area contributed by atoms with E-state index in [4.69, 9.17) is 0 Å². The molecule has 21 heavy (non-hydrogen) atoms. The number of carbonyl (C=O) groups is 1. The van der Waals surface area contributed by atoms with E-state index >= 15 is 0 Å². The predicted molar refractivity (Wildman–Crippen MR) is 73.0 cm³/mol. The molecular weight excluding hydrogens is 281 g/mol. The topological polar surface area (TPSA) is 34.9 Å². The smallest absolute Gasteiger partial charge is 0.298 e. The van der Waals surface area contributed by atoms with Crippen LogP contribution in [0.5, 0.6) is 0 Å². The Bertz CT molecular complexity index is 666. The van der Waals surface area contributed by atoms with Crippen molar-refractivity contribution in [1.82, 2.24) is 9.78 Å². The number of hydrogen-bond acceptors (Lipinski definition) is 2. The quantitative estimate of drug-likeness (QED) is 0.781. The number of aldehydes is 1. The van der Waals surface area contributed by atoms with Crippen molar-refractivity contribution in [3.63, 3.8) is 0 Å². The first-order chi connectivity index (χ1) is 9.63. The Labute approximate surface area is 120 Å². The summed E-state index contributed by atoms with van der Waals surface area (Å²) in [6, 6.07) is 4.81. The Kier molecular flexibility index (Phi) is 3.65. The van der Waals surface area contributed by atoms with Gasteiger partial charge < -0.3 is 0 Å². The van der Waals surface area contributed by atoms with Gasteiger partial charge in [-0.1, -0.05) is 12.1 Å². The highest BCUT2D eigenvalue weighted by Crippen LogP contribution is 2.32. The highest BCUT2D eigenvalue weighted by atomic mass is 19.4. The van der Waals surface area contributed by atoms with E-state index in [1.54, 1.807) is 10.9 Å². The zero-order valence-electron chi connectivity index (χ0n) is 11.9. The van der Waals surface area contributed by atoms with Crippen LogP contribution in [0.25, 0.3) is 11.3 Å². The first-order valence-corrected chi connectivity index (χ1v) is 6.36. The largest absolute Gasteiger partial charge is 0.416 e. The molecule has 0 spiro atoms. The zero-order chi connectivity index (χ0) is 15.8. The van der Waals surface area contributed by atoms with Gasteiger partial charge in [0.05, 0.1) is 16.7 Å². The number of hydrogen-bond donors (Lipinski definition) is 0. The van der Waals surface area contributed by atoms with Crippen LogP contribution in [-0.4, -0.2) is 16.1 Å². The molecule has 0 bridgehead atoms. The van der Waals surface area contributed by atoms with Crippen molar-refractivity contribution in [2.24, 2.45) is 0 Å². The van der Waals surface area contributed by atoms with Gasteiger partial charge in [0.1, 0.15) is 5.69 Å². The number of nitrogens with zero attached hydrogens (tertiary/aromatic N) is 2. The fourth-order valence-corrected chi connectivity index (χ4v) is 1.88. The van der Waals surface area contributed by atoms with E-state index in [9.17, 15) is 18.0 Å². The van der Waals surface area contributed by atoms with E-state index in [0.717, 1.165) is 12.1 Å². The van der Waals surface area contributed by atoms with Crippen molar-refractivity contribution in [1.29, 1.82) is 0 Å². The van der Waals surface area contributed by atoms with E-state index in [2.05, 4.69) is 5.10 Å². The molecule has 0 unspecified atom stereocenters. The number of carbonyl (C=O) groups excluding carboxylic acids is 1. The molecular formula is C15H15F3N2O. The highest BCUT2D eigenvalue weighted by molar-refractivity contribution is 5.85. The minimum Gasteiger partial charge on any atom is -0.298 e. The molecule has 0 aliphatic heterocycles. The lowest BCUT2D eigenvalue weighted by atomic mass is 10.1. The standard InChI is InChI=1S/C15H15F3N2O/c1-14(2,3)20-8-11(9-21)13(19-20)10-5-4-6-12(7-10)15(16,17)18/h4-9H,1-3H3. The Morgan fingerprint density at radius 1 is 1.19 bits per heavy atom. The van der Waals surface area contributed by atoms with Gasteiger partial charge in [-0.2, -0.15) is 18.3 Å². The molecule has 0 N–H and O–H groups in total. The second kappa shape index (κ2) is 5.02. The minimum absolute atomic E-state index is 0.256. The van der Waals surface area contributed by atoms with Gasteiger partial charge in [0.2, 0.25) is 0 Å². The summed E-state index contributed by atoms with van der Waals surface area (Å²) in [6.07, 6.45) is -2.28. The fraction of sp³-hybridized carbons (Fsp3) is 0.333. The second-order valence-electron chi connectivity index (χ2n) is 5.74. The number of halogens is 3. The maximum absolute atomic E-state index is 12.8. The molecule has 2 aromatic rings. The molecule has 0 radical (unpaired) electrons. The molecule has 0 amide bonds. The van der Waals surface area contributed by atoms with E-state index in [0.29, 0.717) is 6.29 Å². The number of aromatic nitrogens is 2. The van der Waals surface area contributed by atoms with Crippen LogP contribution in [0.2, 0.25) is 0 Å². The van der Waals surface area contributed by atoms with Crippen LogP contribution in [0.15, 0.2) is 30.5 Å². The van der Waals surface area contributed by atoms with Gasteiger partial charge in [-0.05, 0) is 32.9 Å². The number of alkyl halides is 3. The third kappa shape index (κ3) is 3.15. The lowest BCUT2D eigenvalue weighted by molar-refractivity contribution is -0.137. The predicted octanol–water partition coefficient (Wildman–Crippen LogP) is 4.14. The molecule has 0 saturated heterocycles. The molecule has 3 nitrogen and oxygen atoms in total. The number of rotatable bonds is 2. The summed E-state index contributed by atoms with van der Waals surface area (Å²) >= 11 is 0. The van der Waals surface area contributed by atoms with Crippen molar-refractivity contribution in [2.75, 3.05) is 0 Å². The summed E-state index contributed by atoms with van der Waals surface area (Å²) in [5.74, 6) is 0. The van der Waals surface area contributed by atoms with Gasteiger partial charge >= 0.3 is 6.18 Å². The van der Waals surface area contributed by atoms with Gasteiger partial charge in [-0.15, -0.1) is 0 Å². The summed E-state index contributed by atoms with van der Waals surface area (Å²) < 4.78 is 39.9. The Morgan fingerprint density at radius 2 is 1.86 bits per heavy atom. The summed E-state index contributed by atoms with van der Waals surface area (Å²) in [5.41, 5.74) is -0.329. The fourth-order valence-electron chi connectivity index (χ4n) is 1.88. The van der Waals surface area contributed by atoms with Gasteiger partial charge in [-0.3, -0.25) is 9.48 Å². The average molecular weight is 296 g/mol. The van der Waals surface area contributed by atoms with Crippen molar-refractivity contribution in [2.45, 2.75) is 32.5 Å². The van der Waals surface area contributed by atoms with Crippen molar-refractivity contribution >= 4 is 6.29 Å². The maximum atomic E-state index is 12.8. The van der Waals surface area contributed by atoms with Gasteiger partial charge in [0, 0.05) is 11.8 Å². The normalized spacial score (nSPS) is 12.5. The highest BCUT2D eigenvalue weighted by Gasteiger charge is 2.31. The van der Waals surface area contributed by atoms with Crippen molar-refractivity contribution in [3.05, 3.63) is 41.6 Å². The lowest BCUT2D eigenvalue weighted by Crippen LogP contribution is -2.22. The average Bonchev–Trinajstić information content (AvgIpc) is 2.82. The molecule has 1 heterocycles. The van der Waals surface area contributed by atoms with E-state index in [1.807, 2.05) is 20.8 Å². The summed E-state index contributed by atoms with van der Waals surface area (Å²) in [4.78, 5) is 11.1. The monoisotopic (exact) mass is 296 g/mol.